The molecule has 3 N–H and O–H groups in total. The number of carbonyl (C=O) groups is 5. The van der Waals surface area contributed by atoms with Gasteiger partial charge in [-0.2, -0.15) is 5.10 Å². The number of aromatic amines is 1. The van der Waals surface area contributed by atoms with Crippen molar-refractivity contribution < 1.29 is 33.1 Å². The highest BCUT2D eigenvalue weighted by molar-refractivity contribution is 5.98. The Morgan fingerprint density at radius 3 is 2.21 bits per heavy atom. The fourth-order valence-corrected chi connectivity index (χ4v) is 13.1. The number of likely N-dealkylation sites (tertiary alicyclic amines) is 1. The van der Waals surface area contributed by atoms with Crippen molar-refractivity contribution in [1.82, 2.24) is 45.3 Å². The van der Waals surface area contributed by atoms with Gasteiger partial charge in [0, 0.05) is 101 Å². The minimum Gasteiger partial charge on any atom is -0.373 e. The average Bonchev–Trinajstić information content (AvgIpc) is 4.30. The summed E-state index contributed by atoms with van der Waals surface area (Å²) in [5.74, 6) is -0.815. The van der Waals surface area contributed by atoms with Gasteiger partial charge >= 0.3 is 0 Å². The first-order chi connectivity index (χ1) is 36.4. The average molecular weight is 1030 g/mol. The molecule has 0 unspecified atom stereocenters. The third kappa shape index (κ3) is 11.1. The molecule has 8 fully saturated rings. The number of nitrogens with zero attached hydrogens (tertiary/aromatic N) is 6. The number of piperazine rings is 2. The number of ether oxygens (including phenoxy) is 1. The van der Waals surface area contributed by atoms with E-state index >= 15 is 4.39 Å². The van der Waals surface area contributed by atoms with E-state index in [1.165, 1.54) is 6.07 Å². The number of rotatable bonds is 14. The lowest BCUT2D eigenvalue weighted by Crippen LogP contribution is -2.64. The van der Waals surface area contributed by atoms with Crippen LogP contribution in [-0.2, 0) is 25.5 Å². The van der Waals surface area contributed by atoms with Crippen LogP contribution in [-0.4, -0.2) is 167 Å². The summed E-state index contributed by atoms with van der Waals surface area (Å²) in [6, 6.07) is 19.3. The van der Waals surface area contributed by atoms with Gasteiger partial charge in [0.15, 0.2) is 0 Å². The number of H-pyrrole nitrogens is 1. The van der Waals surface area contributed by atoms with Gasteiger partial charge in [-0.3, -0.25) is 33.7 Å². The zero-order valence-corrected chi connectivity index (χ0v) is 43.2. The van der Waals surface area contributed by atoms with Crippen molar-refractivity contribution in [3.8, 4) is 0 Å². The number of amides is 5. The predicted molar refractivity (Wildman–Crippen MR) is 281 cm³/mol. The Balaban J connectivity index is 0.652. The van der Waals surface area contributed by atoms with Gasteiger partial charge in [0.1, 0.15) is 11.9 Å². The van der Waals surface area contributed by atoms with Gasteiger partial charge in [-0.25, -0.2) is 9.49 Å². The first-order valence-electron chi connectivity index (χ1n) is 27.8. The second-order valence-electron chi connectivity index (χ2n) is 22.8. The van der Waals surface area contributed by atoms with E-state index in [1.807, 2.05) is 45.0 Å². The van der Waals surface area contributed by atoms with Crippen molar-refractivity contribution in [1.29, 1.82) is 0 Å². The van der Waals surface area contributed by atoms with Crippen LogP contribution in [0.3, 0.4) is 0 Å². The van der Waals surface area contributed by atoms with Crippen LogP contribution in [0.1, 0.15) is 127 Å². The van der Waals surface area contributed by atoms with Crippen molar-refractivity contribution in [2.24, 2.45) is 11.3 Å². The molecular weight excluding hydrogens is 954 g/mol. The Bertz CT molecular complexity index is 2830. The summed E-state index contributed by atoms with van der Waals surface area (Å²) in [6.07, 6.45) is 12.5. The molecule has 6 heterocycles. The molecule has 4 aromatic rings. The van der Waals surface area contributed by atoms with E-state index in [0.717, 1.165) is 102 Å². The van der Waals surface area contributed by atoms with E-state index in [2.05, 4.69) is 31.8 Å². The highest BCUT2D eigenvalue weighted by atomic mass is 19.1. The summed E-state index contributed by atoms with van der Waals surface area (Å²) in [5.41, 5.74) is 1.64. The molecule has 16 nitrogen and oxygen atoms in total. The quantitative estimate of drug-likeness (QED) is 0.151. The molecule has 0 radical (unpaired) electrons. The Morgan fingerprint density at radius 1 is 0.747 bits per heavy atom. The van der Waals surface area contributed by atoms with Gasteiger partial charge in [0.2, 0.25) is 17.7 Å². The lowest BCUT2D eigenvalue weighted by Gasteiger charge is -2.55. The first kappa shape index (κ1) is 51.1. The number of nitrogens with one attached hydrogen (secondary N) is 3. The second kappa shape index (κ2) is 21.9. The Hall–Kier alpha value is -6.04. The van der Waals surface area contributed by atoms with Gasteiger partial charge in [-0.1, -0.05) is 55.7 Å². The number of carbonyl (C=O) groups excluding carboxylic acids is 5. The topological polar surface area (TPSA) is 181 Å². The monoisotopic (exact) mass is 1030 g/mol. The molecule has 5 saturated heterocycles. The molecule has 2 atom stereocenters. The zero-order valence-electron chi connectivity index (χ0n) is 43.2. The summed E-state index contributed by atoms with van der Waals surface area (Å²) in [6.45, 7) is 6.71. The lowest BCUT2D eigenvalue weighted by atomic mass is 9.65. The molecule has 3 aliphatic carbocycles. The van der Waals surface area contributed by atoms with Crippen molar-refractivity contribution in [2.75, 3.05) is 85.1 Å². The molecule has 17 heteroatoms. The van der Waals surface area contributed by atoms with E-state index in [4.69, 9.17) is 4.74 Å². The standard InChI is InChI=1S/C58H72FN9O7/c59-48-18-15-39(33-49-45-13-4-5-14-46(45)53(71)63-62-49)32-47(48)54(72)65-28-30-67(31-29-65)56(74)57-19-21-58(22-20-57,75-38-57)37-64-24-26-66(27-25-64)55(73)51(40-8-2-1-3-9-40)61-52(70)42-11-6-10-41(34-42)43-12-7-23-68(36-43)50(69)35-60-44-16-17-44/h4-6,10-11,13-15,18,32,34,40,43-44,51,60H,1-3,7-9,12,16-17,19-31,33,35-38H2,(H,61,70)(H,63,71)/t43-,51-,57?,58?/m1/s1. The number of aromatic nitrogens is 2. The van der Waals surface area contributed by atoms with Crippen molar-refractivity contribution in [2.45, 2.75) is 113 Å². The van der Waals surface area contributed by atoms with Gasteiger partial charge in [0.25, 0.3) is 17.4 Å². The molecule has 75 heavy (non-hydrogen) atoms. The molecule has 5 amide bonds. The summed E-state index contributed by atoms with van der Waals surface area (Å²) in [4.78, 5) is 91.8. The largest absolute Gasteiger partial charge is 0.373 e. The van der Waals surface area contributed by atoms with Crippen LogP contribution in [0.15, 0.2) is 71.5 Å². The Morgan fingerprint density at radius 2 is 1.48 bits per heavy atom. The molecule has 0 spiro atoms. The third-order valence-corrected chi connectivity index (χ3v) is 17.9. The fraction of sp³-hybridized carbons (Fsp3) is 0.569. The number of hydrogen-bond donors (Lipinski definition) is 3. The van der Waals surface area contributed by atoms with E-state index < -0.39 is 23.2 Å². The van der Waals surface area contributed by atoms with Crippen LogP contribution in [0.5, 0.6) is 0 Å². The Labute approximate surface area is 438 Å². The van der Waals surface area contributed by atoms with Crippen LogP contribution in [0.25, 0.3) is 10.8 Å². The number of fused-ring (bicyclic) bond motifs is 4. The minimum absolute atomic E-state index is 0.00202. The number of benzene rings is 3. The van der Waals surface area contributed by atoms with Gasteiger partial charge in [0.05, 0.1) is 40.8 Å². The van der Waals surface area contributed by atoms with Crippen molar-refractivity contribution >= 4 is 40.3 Å². The normalized spacial score (nSPS) is 25.1. The molecule has 12 rings (SSSR count). The van der Waals surface area contributed by atoms with E-state index in [9.17, 15) is 28.8 Å². The molecule has 1 aromatic heterocycles. The second-order valence-corrected chi connectivity index (χ2v) is 22.8. The van der Waals surface area contributed by atoms with Crippen molar-refractivity contribution in [3.63, 3.8) is 0 Å². The summed E-state index contributed by atoms with van der Waals surface area (Å²) in [5, 5.41) is 14.6. The van der Waals surface area contributed by atoms with Crippen LogP contribution in [0, 0.1) is 17.2 Å². The maximum atomic E-state index is 15.2. The van der Waals surface area contributed by atoms with Crippen LogP contribution in [0.4, 0.5) is 4.39 Å². The maximum absolute atomic E-state index is 15.2. The summed E-state index contributed by atoms with van der Waals surface area (Å²) < 4.78 is 21.9. The molecule has 8 aliphatic rings. The van der Waals surface area contributed by atoms with Crippen molar-refractivity contribution in [3.05, 3.63) is 111 Å². The highest BCUT2D eigenvalue weighted by Crippen LogP contribution is 2.50. The Kier molecular flexibility index (Phi) is 14.9. The molecule has 5 aliphatic heterocycles. The molecular formula is C58H72FN9O7. The van der Waals surface area contributed by atoms with E-state index in [1.54, 1.807) is 29.2 Å². The molecule has 3 aromatic carbocycles. The zero-order chi connectivity index (χ0) is 51.7. The lowest BCUT2D eigenvalue weighted by molar-refractivity contribution is -0.203. The highest BCUT2D eigenvalue weighted by Gasteiger charge is 2.55. The molecule has 2 bridgehead atoms. The fourth-order valence-electron chi connectivity index (χ4n) is 13.1. The minimum atomic E-state index is -0.613. The third-order valence-electron chi connectivity index (χ3n) is 17.9. The molecule has 398 valence electrons. The summed E-state index contributed by atoms with van der Waals surface area (Å²) >= 11 is 0. The SMILES string of the molecule is O=C(N[C@@H](C(=O)N1CCN(CC23CCC(C(=O)N4CCN(C(=O)c5cc(Cc6n[nH]c(=O)c7ccccc67)ccc5F)CC4)(CC2)CO3)CC1)C1CCCCC1)c1cccc([C@@H]2CCCN(C(=O)CNC3CC3)C2)c1. The first-order valence-corrected chi connectivity index (χ1v) is 27.8. The summed E-state index contributed by atoms with van der Waals surface area (Å²) in [7, 11) is 0. The number of hydrogen-bond acceptors (Lipinski definition) is 10. The van der Waals surface area contributed by atoms with E-state index in [-0.39, 0.29) is 52.2 Å². The van der Waals surface area contributed by atoms with Gasteiger partial charge in [-0.05, 0) is 112 Å². The van der Waals surface area contributed by atoms with Crippen LogP contribution in [0.2, 0.25) is 0 Å². The van der Waals surface area contributed by atoms with Gasteiger partial charge < -0.3 is 35.0 Å². The van der Waals surface area contributed by atoms with E-state index in [0.29, 0.717) is 112 Å². The maximum Gasteiger partial charge on any atom is 0.272 e. The predicted octanol–water partition coefficient (Wildman–Crippen LogP) is 5.25. The number of piperidine rings is 1. The number of halogens is 1. The van der Waals surface area contributed by atoms with Crippen LogP contribution < -0.4 is 16.2 Å². The molecule has 3 saturated carbocycles. The van der Waals surface area contributed by atoms with Gasteiger partial charge in [-0.15, -0.1) is 0 Å². The smallest absolute Gasteiger partial charge is 0.272 e. The van der Waals surface area contributed by atoms with Crippen LogP contribution >= 0.6 is 0 Å².